The number of nitrogen functional groups attached to an aromatic ring is 1. The maximum absolute atomic E-state index is 13.6. The molecule has 0 amide bonds. The highest BCUT2D eigenvalue weighted by Crippen LogP contribution is 2.47. The van der Waals surface area contributed by atoms with Crippen LogP contribution in [0.4, 0.5) is 10.2 Å². The van der Waals surface area contributed by atoms with E-state index in [2.05, 4.69) is 20.1 Å². The molecule has 17 heteroatoms. The molecule has 1 fully saturated rings. The van der Waals surface area contributed by atoms with Crippen molar-refractivity contribution in [3.8, 4) is 5.75 Å². The van der Waals surface area contributed by atoms with Gasteiger partial charge in [-0.1, -0.05) is 5.11 Å². The number of carbonyl (C=O) groups is 1. The van der Waals surface area contributed by atoms with Crippen molar-refractivity contribution in [2.75, 3.05) is 18.9 Å². The molecule has 6 atom stereocenters. The number of esters is 1. The summed E-state index contributed by atoms with van der Waals surface area (Å²) in [6.07, 6.45) is -2.95. The molecule has 206 valence electrons. The summed E-state index contributed by atoms with van der Waals surface area (Å²) in [4.78, 5) is 30.9. The molecule has 0 saturated carbocycles. The van der Waals surface area contributed by atoms with Gasteiger partial charge < -0.3 is 24.8 Å². The molecule has 1 aliphatic heterocycles. The highest BCUT2D eigenvalue weighted by molar-refractivity contribution is 7.52. The SMILES string of the molecule is CCOC(=O)[C@H](C)NP(=O)(OC[C@H]1OC(n2ccc(N)nc2=O)[C@](C)(N=[N+]=[N-])[C@@H]1O)Oc1ccc(F)cc1. The molecule has 3 rings (SSSR count). The summed E-state index contributed by atoms with van der Waals surface area (Å²) < 4.78 is 49.6. The number of hydrogen-bond donors (Lipinski definition) is 3. The van der Waals surface area contributed by atoms with Crippen LogP contribution in [0.1, 0.15) is 27.0 Å². The Labute approximate surface area is 215 Å². The van der Waals surface area contributed by atoms with Crippen LogP contribution in [-0.4, -0.2) is 57.6 Å². The number of aliphatic hydroxyl groups is 1. The summed E-state index contributed by atoms with van der Waals surface area (Å²) in [5, 5.41) is 17.0. The molecule has 0 radical (unpaired) electrons. The van der Waals surface area contributed by atoms with Gasteiger partial charge in [0.1, 0.15) is 35.1 Å². The van der Waals surface area contributed by atoms with Gasteiger partial charge in [-0.3, -0.25) is 13.9 Å². The number of aromatic nitrogens is 2. The standard InChI is InChI=1S/C21H27FN7O8P/c1-4-34-18(31)12(2)26-38(33,37-14-7-5-13(22)6-8-14)35-11-15-17(30)21(3,27-28-24)19(36-15)29-10-9-16(23)25-20(29)32/h5-10,12,15,17,19,30H,4,11H2,1-3H3,(H,26,33)(H2,23,25,32)/t12-,15+,17+,19?,21+,38?/m0/s1. The van der Waals surface area contributed by atoms with Crippen LogP contribution in [-0.2, 0) is 23.4 Å². The number of carbonyl (C=O) groups excluding carboxylic acids is 1. The van der Waals surface area contributed by atoms with Crippen LogP contribution < -0.4 is 21.0 Å². The largest absolute Gasteiger partial charge is 0.465 e. The molecule has 4 N–H and O–H groups in total. The van der Waals surface area contributed by atoms with Gasteiger partial charge in [0.05, 0.1) is 19.3 Å². The van der Waals surface area contributed by atoms with E-state index in [1.807, 2.05) is 0 Å². The first-order valence-corrected chi connectivity index (χ1v) is 12.9. The third kappa shape index (κ3) is 6.48. The zero-order chi connectivity index (χ0) is 28.1. The van der Waals surface area contributed by atoms with E-state index in [9.17, 15) is 23.7 Å². The van der Waals surface area contributed by atoms with Crippen molar-refractivity contribution in [3.05, 3.63) is 63.3 Å². The predicted molar refractivity (Wildman–Crippen MR) is 130 cm³/mol. The zero-order valence-electron chi connectivity index (χ0n) is 20.6. The van der Waals surface area contributed by atoms with E-state index in [-0.39, 0.29) is 18.2 Å². The number of anilines is 1. The summed E-state index contributed by atoms with van der Waals surface area (Å²) in [7, 11) is -4.40. The topological polar surface area (TPSA) is 213 Å². The Morgan fingerprint density at radius 3 is 2.74 bits per heavy atom. The van der Waals surface area contributed by atoms with Gasteiger partial charge in [0.25, 0.3) is 0 Å². The Bertz CT molecular complexity index is 1310. The number of ether oxygens (including phenoxy) is 2. The third-order valence-corrected chi connectivity index (χ3v) is 7.20. The minimum atomic E-state index is -4.40. The number of hydrogen-bond acceptors (Lipinski definition) is 11. The smallest absolute Gasteiger partial charge is 0.459 e. The fraction of sp³-hybridized carbons (Fsp3) is 0.476. The van der Waals surface area contributed by atoms with Gasteiger partial charge in [-0.05, 0) is 56.6 Å². The molecule has 2 heterocycles. The van der Waals surface area contributed by atoms with E-state index >= 15 is 0 Å². The Hall–Kier alpha value is -3.52. The number of rotatable bonds is 11. The Balaban J connectivity index is 1.87. The van der Waals surface area contributed by atoms with Crippen LogP contribution in [0.25, 0.3) is 10.4 Å². The number of benzene rings is 1. The summed E-state index contributed by atoms with van der Waals surface area (Å²) in [5.41, 5.74) is 12.1. The number of nitrogens with one attached hydrogen (secondary N) is 1. The van der Waals surface area contributed by atoms with Crippen molar-refractivity contribution in [2.24, 2.45) is 5.11 Å². The molecule has 0 aliphatic carbocycles. The van der Waals surface area contributed by atoms with Gasteiger partial charge in [-0.15, -0.1) is 0 Å². The lowest BCUT2D eigenvalue weighted by molar-refractivity contribution is -0.144. The lowest BCUT2D eigenvalue weighted by atomic mass is 9.93. The second-order valence-electron chi connectivity index (χ2n) is 8.37. The van der Waals surface area contributed by atoms with Gasteiger partial charge in [-0.25, -0.2) is 13.8 Å². The maximum Gasteiger partial charge on any atom is 0.459 e. The first-order valence-electron chi connectivity index (χ1n) is 11.3. The predicted octanol–water partition coefficient (Wildman–Crippen LogP) is 2.04. The van der Waals surface area contributed by atoms with Gasteiger partial charge in [0.2, 0.25) is 0 Å². The molecule has 1 aromatic carbocycles. The summed E-state index contributed by atoms with van der Waals surface area (Å²) in [5.74, 6) is -1.43. The van der Waals surface area contributed by atoms with Crippen molar-refractivity contribution in [3.63, 3.8) is 0 Å². The minimum absolute atomic E-state index is 0.0533. The van der Waals surface area contributed by atoms with Gasteiger partial charge in [0, 0.05) is 11.1 Å². The molecule has 0 spiro atoms. The average Bonchev–Trinajstić information content (AvgIpc) is 3.09. The number of azide groups is 1. The fourth-order valence-corrected chi connectivity index (χ4v) is 5.14. The maximum atomic E-state index is 13.6. The summed E-state index contributed by atoms with van der Waals surface area (Å²) >= 11 is 0. The normalized spacial score (nSPS) is 25.1. The molecule has 1 saturated heterocycles. The Morgan fingerprint density at radius 2 is 2.13 bits per heavy atom. The van der Waals surface area contributed by atoms with E-state index in [0.29, 0.717) is 0 Å². The lowest BCUT2D eigenvalue weighted by Gasteiger charge is -2.28. The first-order chi connectivity index (χ1) is 17.9. The number of nitrogens with two attached hydrogens (primary N) is 1. The molecule has 2 aromatic rings. The zero-order valence-corrected chi connectivity index (χ0v) is 21.5. The van der Waals surface area contributed by atoms with Crippen molar-refractivity contribution in [1.29, 1.82) is 0 Å². The molecule has 1 aromatic heterocycles. The van der Waals surface area contributed by atoms with Crippen LogP contribution in [0.3, 0.4) is 0 Å². The first kappa shape index (κ1) is 29.0. The van der Waals surface area contributed by atoms with E-state index in [0.717, 1.165) is 16.7 Å². The highest BCUT2D eigenvalue weighted by atomic mass is 31.2. The summed E-state index contributed by atoms with van der Waals surface area (Å²) in [6, 6.07) is 4.66. The lowest BCUT2D eigenvalue weighted by Crippen LogP contribution is -2.45. The van der Waals surface area contributed by atoms with E-state index in [1.165, 1.54) is 38.2 Å². The van der Waals surface area contributed by atoms with Gasteiger partial charge >= 0.3 is 19.4 Å². The van der Waals surface area contributed by atoms with Gasteiger partial charge in [-0.2, -0.15) is 10.1 Å². The van der Waals surface area contributed by atoms with E-state index in [1.54, 1.807) is 6.92 Å². The van der Waals surface area contributed by atoms with Crippen molar-refractivity contribution in [1.82, 2.24) is 14.6 Å². The molecule has 0 bridgehead atoms. The fourth-order valence-electron chi connectivity index (χ4n) is 3.64. The molecular weight excluding hydrogens is 528 g/mol. The average molecular weight is 555 g/mol. The highest BCUT2D eigenvalue weighted by Gasteiger charge is 2.55. The van der Waals surface area contributed by atoms with Crippen molar-refractivity contribution >= 4 is 19.5 Å². The van der Waals surface area contributed by atoms with Crippen LogP contribution in [0.15, 0.2) is 46.4 Å². The van der Waals surface area contributed by atoms with Crippen LogP contribution in [0.2, 0.25) is 0 Å². The molecule has 15 nitrogen and oxygen atoms in total. The Morgan fingerprint density at radius 1 is 1.45 bits per heavy atom. The monoisotopic (exact) mass is 555 g/mol. The van der Waals surface area contributed by atoms with Crippen LogP contribution in [0, 0.1) is 5.82 Å². The number of nitrogens with zero attached hydrogens (tertiary/aromatic N) is 5. The number of halogens is 1. The van der Waals surface area contributed by atoms with Crippen LogP contribution in [0.5, 0.6) is 5.75 Å². The van der Waals surface area contributed by atoms with E-state index in [4.69, 9.17) is 29.8 Å². The minimum Gasteiger partial charge on any atom is -0.465 e. The van der Waals surface area contributed by atoms with Gasteiger partial charge in [0.15, 0.2) is 6.23 Å². The third-order valence-electron chi connectivity index (χ3n) is 5.56. The number of aliphatic hydroxyl groups excluding tert-OH is 1. The second kappa shape index (κ2) is 11.9. The molecule has 38 heavy (non-hydrogen) atoms. The van der Waals surface area contributed by atoms with E-state index < -0.39 is 61.8 Å². The van der Waals surface area contributed by atoms with Crippen molar-refractivity contribution < 1.29 is 37.4 Å². The van der Waals surface area contributed by atoms with Crippen LogP contribution >= 0.6 is 7.75 Å². The molecular formula is C21H27FN7O8P. The molecule has 2 unspecified atom stereocenters. The Kier molecular flexibility index (Phi) is 9.09. The quantitative estimate of drug-likeness (QED) is 0.120. The summed E-state index contributed by atoms with van der Waals surface area (Å²) in [6.45, 7) is 3.74. The van der Waals surface area contributed by atoms with Crippen molar-refractivity contribution in [2.45, 2.75) is 50.8 Å². The second-order valence-corrected chi connectivity index (χ2v) is 10.1. The molecule has 1 aliphatic rings.